The average Bonchev–Trinajstić information content (AvgIpc) is 3.07. The summed E-state index contributed by atoms with van der Waals surface area (Å²) in [5.41, 5.74) is 0.471. The van der Waals surface area contributed by atoms with E-state index in [0.717, 1.165) is 19.3 Å². The lowest BCUT2D eigenvalue weighted by molar-refractivity contribution is 0.262. The maximum Gasteiger partial charge on any atom is 0.276 e. The molecule has 0 saturated carbocycles. The second-order valence-electron chi connectivity index (χ2n) is 5.24. The summed E-state index contributed by atoms with van der Waals surface area (Å²) in [6.45, 7) is 4.12. The summed E-state index contributed by atoms with van der Waals surface area (Å²) in [6, 6.07) is 1.42. The predicted octanol–water partition coefficient (Wildman–Crippen LogP) is 2.20. The van der Waals surface area contributed by atoms with Crippen molar-refractivity contribution in [3.05, 3.63) is 18.2 Å². The van der Waals surface area contributed by atoms with Gasteiger partial charge in [0.15, 0.2) is 0 Å². The van der Waals surface area contributed by atoms with E-state index in [2.05, 4.69) is 10.2 Å². The summed E-state index contributed by atoms with van der Waals surface area (Å²) >= 11 is 0. The smallest absolute Gasteiger partial charge is 0.276 e. The zero-order chi connectivity index (χ0) is 15.0. The van der Waals surface area contributed by atoms with Crippen LogP contribution < -0.4 is 0 Å². The molecule has 0 bridgehead atoms. The number of sulfonamides is 1. The van der Waals surface area contributed by atoms with Crippen molar-refractivity contribution in [2.75, 3.05) is 6.54 Å². The normalized spacial score (nSPS) is 20.8. The Morgan fingerprint density at radius 3 is 2.81 bits per heavy atom. The maximum atomic E-state index is 12.6. The van der Waals surface area contributed by atoms with Gasteiger partial charge >= 0.3 is 0 Å². The number of nitrogens with zero attached hydrogens (tertiary/aromatic N) is 3. The molecule has 1 aliphatic rings. The molecule has 3 rings (SSSR count). The Balaban J connectivity index is 1.91. The topological polar surface area (TPSA) is 89.4 Å². The lowest BCUT2D eigenvalue weighted by Crippen LogP contribution is -2.41. The summed E-state index contributed by atoms with van der Waals surface area (Å²) in [6.07, 6.45) is 4.13. The van der Waals surface area contributed by atoms with Crippen molar-refractivity contribution in [3.63, 3.8) is 0 Å². The highest BCUT2D eigenvalue weighted by molar-refractivity contribution is 7.89. The van der Waals surface area contributed by atoms with E-state index in [1.807, 2.05) is 6.92 Å². The number of aryl methyl sites for hydroxylation is 1. The van der Waals surface area contributed by atoms with E-state index in [0.29, 0.717) is 18.0 Å². The molecule has 2 aromatic heterocycles. The Morgan fingerprint density at radius 2 is 2.14 bits per heavy atom. The van der Waals surface area contributed by atoms with Crippen LogP contribution in [0.2, 0.25) is 0 Å². The lowest BCUT2D eigenvalue weighted by atomic mass is 10.1. The Bertz CT molecular complexity index is 734. The van der Waals surface area contributed by atoms with Crippen LogP contribution in [0.15, 0.2) is 26.3 Å². The van der Waals surface area contributed by atoms with Gasteiger partial charge in [-0.3, -0.25) is 0 Å². The van der Waals surface area contributed by atoms with Crippen molar-refractivity contribution in [3.8, 4) is 11.5 Å². The van der Waals surface area contributed by atoms with E-state index in [1.165, 1.54) is 16.6 Å². The average molecular weight is 311 g/mol. The third-order valence-corrected chi connectivity index (χ3v) is 5.54. The van der Waals surface area contributed by atoms with Crippen LogP contribution in [0, 0.1) is 6.92 Å². The van der Waals surface area contributed by atoms with Crippen molar-refractivity contribution in [2.45, 2.75) is 44.2 Å². The Labute approximate surface area is 123 Å². The van der Waals surface area contributed by atoms with Crippen LogP contribution in [0.5, 0.6) is 0 Å². The van der Waals surface area contributed by atoms with Gasteiger partial charge in [-0.15, -0.1) is 10.2 Å². The van der Waals surface area contributed by atoms with Gasteiger partial charge in [0, 0.05) is 25.6 Å². The minimum atomic E-state index is -3.61. The molecule has 0 aromatic carbocycles. The van der Waals surface area contributed by atoms with E-state index >= 15 is 0 Å². The Morgan fingerprint density at radius 1 is 1.33 bits per heavy atom. The van der Waals surface area contributed by atoms with Crippen LogP contribution in [-0.2, 0) is 10.0 Å². The fourth-order valence-corrected chi connectivity index (χ4v) is 4.15. The number of hydrogen-bond donors (Lipinski definition) is 0. The molecular weight excluding hydrogens is 294 g/mol. The molecular formula is C13H17N3O4S. The van der Waals surface area contributed by atoms with E-state index in [4.69, 9.17) is 8.83 Å². The monoisotopic (exact) mass is 311 g/mol. The van der Waals surface area contributed by atoms with Gasteiger partial charge in [0.25, 0.3) is 15.9 Å². The maximum absolute atomic E-state index is 12.6. The lowest BCUT2D eigenvalue weighted by Gasteiger charge is -2.31. The molecule has 0 N–H and O–H groups in total. The molecule has 114 valence electrons. The standard InChI is InChI=1S/C13H17N3O4S/c1-9-5-3-4-6-16(9)21(17,18)12-7-11(8-19-12)13-15-14-10(2)20-13/h7-9H,3-6H2,1-2H3/t9-/m1/s1. The number of piperidine rings is 1. The summed E-state index contributed by atoms with van der Waals surface area (Å²) in [4.78, 5) is 0. The molecule has 0 amide bonds. The summed E-state index contributed by atoms with van der Waals surface area (Å²) in [7, 11) is -3.61. The highest BCUT2D eigenvalue weighted by Crippen LogP contribution is 2.29. The largest absolute Gasteiger partial charge is 0.451 e. The van der Waals surface area contributed by atoms with Gasteiger partial charge < -0.3 is 8.83 Å². The zero-order valence-electron chi connectivity index (χ0n) is 11.9. The Kier molecular flexibility index (Phi) is 3.58. The molecule has 3 heterocycles. The molecule has 1 atom stereocenters. The van der Waals surface area contributed by atoms with E-state index in [9.17, 15) is 8.42 Å². The molecule has 7 nitrogen and oxygen atoms in total. The van der Waals surface area contributed by atoms with Gasteiger partial charge in [0.1, 0.15) is 6.26 Å². The quantitative estimate of drug-likeness (QED) is 0.863. The first-order valence-corrected chi connectivity index (χ1v) is 8.33. The molecule has 2 aromatic rings. The van der Waals surface area contributed by atoms with Gasteiger partial charge in [0.2, 0.25) is 11.0 Å². The molecule has 0 aliphatic carbocycles. The number of hydrogen-bond acceptors (Lipinski definition) is 6. The fourth-order valence-electron chi connectivity index (χ4n) is 2.52. The second kappa shape index (κ2) is 5.27. The van der Waals surface area contributed by atoms with Gasteiger partial charge in [-0.05, 0) is 19.8 Å². The van der Waals surface area contributed by atoms with Crippen LogP contribution in [0.1, 0.15) is 32.1 Å². The van der Waals surface area contributed by atoms with Crippen molar-refractivity contribution in [1.82, 2.24) is 14.5 Å². The second-order valence-corrected chi connectivity index (χ2v) is 7.06. The van der Waals surface area contributed by atoms with E-state index < -0.39 is 10.0 Å². The molecule has 0 radical (unpaired) electrons. The van der Waals surface area contributed by atoms with Crippen LogP contribution >= 0.6 is 0 Å². The van der Waals surface area contributed by atoms with Crippen molar-refractivity contribution in [2.24, 2.45) is 0 Å². The molecule has 0 spiro atoms. The molecule has 8 heteroatoms. The van der Waals surface area contributed by atoms with Crippen molar-refractivity contribution < 1.29 is 17.3 Å². The number of furan rings is 1. The van der Waals surface area contributed by atoms with Gasteiger partial charge in [-0.25, -0.2) is 8.42 Å². The van der Waals surface area contributed by atoms with Crippen LogP contribution in [-0.4, -0.2) is 35.5 Å². The van der Waals surface area contributed by atoms with Crippen LogP contribution in [0.3, 0.4) is 0 Å². The highest BCUT2D eigenvalue weighted by Gasteiger charge is 2.33. The van der Waals surface area contributed by atoms with E-state index in [-0.39, 0.29) is 17.0 Å². The number of aromatic nitrogens is 2. The third-order valence-electron chi connectivity index (χ3n) is 3.65. The fraction of sp³-hybridized carbons (Fsp3) is 0.538. The highest BCUT2D eigenvalue weighted by atomic mass is 32.2. The van der Waals surface area contributed by atoms with Crippen LogP contribution in [0.4, 0.5) is 0 Å². The third kappa shape index (κ3) is 2.60. The van der Waals surface area contributed by atoms with Crippen molar-refractivity contribution >= 4 is 10.0 Å². The molecule has 1 saturated heterocycles. The minimum Gasteiger partial charge on any atom is -0.451 e. The first kappa shape index (κ1) is 14.3. The number of rotatable bonds is 3. The molecule has 1 fully saturated rings. The Hall–Kier alpha value is -1.67. The zero-order valence-corrected chi connectivity index (χ0v) is 12.8. The van der Waals surface area contributed by atoms with Crippen LogP contribution in [0.25, 0.3) is 11.5 Å². The van der Waals surface area contributed by atoms with Gasteiger partial charge in [0.05, 0.1) is 5.56 Å². The molecule has 21 heavy (non-hydrogen) atoms. The first-order chi connectivity index (χ1) is 9.98. The summed E-state index contributed by atoms with van der Waals surface area (Å²) in [5, 5.41) is 7.49. The molecule has 1 aliphatic heterocycles. The summed E-state index contributed by atoms with van der Waals surface area (Å²) < 4.78 is 37.2. The van der Waals surface area contributed by atoms with Gasteiger partial charge in [-0.2, -0.15) is 4.31 Å². The summed E-state index contributed by atoms with van der Waals surface area (Å²) in [5.74, 6) is 0.671. The van der Waals surface area contributed by atoms with Gasteiger partial charge in [-0.1, -0.05) is 6.42 Å². The first-order valence-electron chi connectivity index (χ1n) is 6.89. The SMILES string of the molecule is Cc1nnc(-c2coc(S(=O)(=O)N3CCCC[C@H]3C)c2)o1. The van der Waals surface area contributed by atoms with E-state index in [1.54, 1.807) is 6.92 Å². The van der Waals surface area contributed by atoms with Crippen molar-refractivity contribution in [1.29, 1.82) is 0 Å². The molecule has 0 unspecified atom stereocenters. The minimum absolute atomic E-state index is 0.0112. The predicted molar refractivity (Wildman–Crippen MR) is 73.9 cm³/mol.